The Morgan fingerprint density at radius 1 is 1.13 bits per heavy atom. The summed E-state index contributed by atoms with van der Waals surface area (Å²) in [6.45, 7) is 0. The molecular weight excluding hydrogens is 190 g/mol. The molecule has 0 spiro atoms. The number of fused-ring (bicyclic) bond motifs is 1. The van der Waals surface area contributed by atoms with Crippen molar-refractivity contribution in [2.24, 2.45) is 0 Å². The molecule has 0 aromatic heterocycles. The van der Waals surface area contributed by atoms with E-state index in [2.05, 4.69) is 5.32 Å². The zero-order valence-electron chi connectivity index (χ0n) is 8.36. The van der Waals surface area contributed by atoms with Gasteiger partial charge in [-0.3, -0.25) is 4.79 Å². The summed E-state index contributed by atoms with van der Waals surface area (Å²) < 4.78 is 5.24. The van der Waals surface area contributed by atoms with E-state index in [-0.39, 0.29) is 0 Å². The summed E-state index contributed by atoms with van der Waals surface area (Å²) in [7, 11) is 1.63. The van der Waals surface area contributed by atoms with E-state index in [1.54, 1.807) is 7.11 Å². The quantitative estimate of drug-likeness (QED) is 0.774. The van der Waals surface area contributed by atoms with Gasteiger partial charge in [0.25, 0.3) is 0 Å². The van der Waals surface area contributed by atoms with Crippen LogP contribution in [-0.2, 0) is 4.79 Å². The van der Waals surface area contributed by atoms with Gasteiger partial charge in [-0.05, 0) is 12.1 Å². The first-order valence-electron chi connectivity index (χ1n) is 4.62. The highest BCUT2D eigenvalue weighted by Gasteiger charge is 2.03. The zero-order valence-corrected chi connectivity index (χ0v) is 8.36. The van der Waals surface area contributed by atoms with Crippen LogP contribution in [0.2, 0.25) is 0 Å². The van der Waals surface area contributed by atoms with Gasteiger partial charge < -0.3 is 10.1 Å². The normalized spacial score (nSPS) is 9.93. The smallest absolute Gasteiger partial charge is 0.211 e. The minimum atomic E-state index is 0.675. The van der Waals surface area contributed by atoms with Crippen molar-refractivity contribution in [2.75, 3.05) is 12.4 Å². The first-order chi connectivity index (χ1) is 7.36. The molecule has 0 radical (unpaired) electrons. The van der Waals surface area contributed by atoms with Gasteiger partial charge in [0.2, 0.25) is 6.41 Å². The largest absolute Gasteiger partial charge is 0.496 e. The van der Waals surface area contributed by atoms with Crippen molar-refractivity contribution in [3.63, 3.8) is 0 Å². The third-order valence-electron chi connectivity index (χ3n) is 2.32. The highest BCUT2D eigenvalue weighted by Crippen LogP contribution is 2.29. The molecule has 0 heterocycles. The van der Waals surface area contributed by atoms with Crippen molar-refractivity contribution >= 4 is 22.9 Å². The number of ether oxygens (including phenoxy) is 1. The van der Waals surface area contributed by atoms with Gasteiger partial charge in [-0.25, -0.2) is 0 Å². The molecule has 0 aliphatic heterocycles. The van der Waals surface area contributed by atoms with Gasteiger partial charge in [-0.2, -0.15) is 0 Å². The van der Waals surface area contributed by atoms with Crippen molar-refractivity contribution in [3.8, 4) is 5.75 Å². The molecular formula is C12H11NO2. The molecule has 0 aliphatic carbocycles. The molecule has 0 fully saturated rings. The molecule has 15 heavy (non-hydrogen) atoms. The van der Waals surface area contributed by atoms with E-state index in [1.165, 1.54) is 0 Å². The summed E-state index contributed by atoms with van der Waals surface area (Å²) in [4.78, 5) is 10.4. The Labute approximate surface area is 87.7 Å². The number of nitrogens with one attached hydrogen (secondary N) is 1. The van der Waals surface area contributed by atoms with Crippen LogP contribution in [-0.4, -0.2) is 13.5 Å². The molecule has 3 nitrogen and oxygen atoms in total. The van der Waals surface area contributed by atoms with Crippen LogP contribution in [0.5, 0.6) is 5.75 Å². The molecule has 0 saturated carbocycles. The van der Waals surface area contributed by atoms with Gasteiger partial charge in [0.15, 0.2) is 0 Å². The molecule has 2 aromatic rings. The number of hydrogen-bond donors (Lipinski definition) is 1. The Balaban J connectivity index is 2.70. The highest BCUT2D eigenvalue weighted by atomic mass is 16.5. The molecule has 76 valence electrons. The first kappa shape index (κ1) is 9.52. The van der Waals surface area contributed by atoms with Gasteiger partial charge in [0.05, 0.1) is 7.11 Å². The van der Waals surface area contributed by atoms with Gasteiger partial charge in [-0.1, -0.05) is 24.3 Å². The average Bonchev–Trinajstić information content (AvgIpc) is 2.29. The Bertz CT molecular complexity index is 494. The summed E-state index contributed by atoms with van der Waals surface area (Å²) in [6.07, 6.45) is 0.675. The predicted octanol–water partition coefficient (Wildman–Crippen LogP) is 2.42. The number of carbonyl (C=O) groups excluding carboxylic acids is 1. The highest BCUT2D eigenvalue weighted by molar-refractivity contribution is 6.00. The first-order valence-corrected chi connectivity index (χ1v) is 4.62. The predicted molar refractivity (Wildman–Crippen MR) is 60.2 cm³/mol. The molecule has 2 rings (SSSR count). The molecule has 0 saturated heterocycles. The summed E-state index contributed by atoms with van der Waals surface area (Å²) in [6, 6.07) is 11.4. The number of hydrogen-bond acceptors (Lipinski definition) is 2. The Morgan fingerprint density at radius 2 is 1.87 bits per heavy atom. The van der Waals surface area contributed by atoms with Crippen molar-refractivity contribution in [3.05, 3.63) is 36.4 Å². The third kappa shape index (κ3) is 1.64. The fourth-order valence-electron chi connectivity index (χ4n) is 1.65. The standard InChI is InChI=1S/C12H11NO2/c1-15-12-7-3-4-9-10(12)5-2-6-11(9)13-8-14/h2-8H,1H3,(H,13,14). The van der Waals surface area contributed by atoms with E-state index in [0.717, 1.165) is 22.2 Å². The van der Waals surface area contributed by atoms with Crippen LogP contribution in [0.25, 0.3) is 10.8 Å². The van der Waals surface area contributed by atoms with Gasteiger partial charge in [-0.15, -0.1) is 0 Å². The summed E-state index contributed by atoms with van der Waals surface area (Å²) >= 11 is 0. The van der Waals surface area contributed by atoms with Crippen LogP contribution in [0.4, 0.5) is 5.69 Å². The van der Waals surface area contributed by atoms with E-state index in [0.29, 0.717) is 6.41 Å². The molecule has 0 aliphatic rings. The lowest BCUT2D eigenvalue weighted by molar-refractivity contribution is -0.105. The van der Waals surface area contributed by atoms with E-state index < -0.39 is 0 Å². The molecule has 1 amide bonds. The number of anilines is 1. The summed E-state index contributed by atoms with van der Waals surface area (Å²) in [5.41, 5.74) is 0.793. The molecule has 1 N–H and O–H groups in total. The van der Waals surface area contributed by atoms with E-state index in [9.17, 15) is 4.79 Å². The molecule has 0 atom stereocenters. The van der Waals surface area contributed by atoms with Crippen molar-refractivity contribution in [2.45, 2.75) is 0 Å². The van der Waals surface area contributed by atoms with E-state index in [1.807, 2.05) is 36.4 Å². The second kappa shape index (κ2) is 4.00. The third-order valence-corrected chi connectivity index (χ3v) is 2.32. The minimum Gasteiger partial charge on any atom is -0.496 e. The van der Waals surface area contributed by atoms with Crippen molar-refractivity contribution in [1.29, 1.82) is 0 Å². The Hall–Kier alpha value is -2.03. The summed E-state index contributed by atoms with van der Waals surface area (Å²) in [5.74, 6) is 0.807. The monoisotopic (exact) mass is 201 g/mol. The fraction of sp³-hybridized carbons (Fsp3) is 0.0833. The van der Waals surface area contributed by atoms with E-state index in [4.69, 9.17) is 4.74 Å². The van der Waals surface area contributed by atoms with Gasteiger partial charge in [0.1, 0.15) is 5.75 Å². The van der Waals surface area contributed by atoms with Gasteiger partial charge >= 0.3 is 0 Å². The molecule has 2 aromatic carbocycles. The Kier molecular flexibility index (Phi) is 2.54. The van der Waals surface area contributed by atoms with Crippen molar-refractivity contribution in [1.82, 2.24) is 0 Å². The Morgan fingerprint density at radius 3 is 2.60 bits per heavy atom. The second-order valence-corrected chi connectivity index (χ2v) is 3.12. The maximum atomic E-state index is 10.4. The number of benzene rings is 2. The lowest BCUT2D eigenvalue weighted by Crippen LogP contribution is -1.95. The number of carbonyl (C=O) groups is 1. The topological polar surface area (TPSA) is 38.3 Å². The minimum absolute atomic E-state index is 0.675. The zero-order chi connectivity index (χ0) is 10.7. The van der Waals surface area contributed by atoms with Crippen LogP contribution >= 0.6 is 0 Å². The molecule has 3 heteroatoms. The van der Waals surface area contributed by atoms with E-state index >= 15 is 0 Å². The molecule has 0 unspecified atom stereocenters. The van der Waals surface area contributed by atoms with Crippen LogP contribution in [0, 0.1) is 0 Å². The van der Waals surface area contributed by atoms with Crippen LogP contribution in [0.1, 0.15) is 0 Å². The molecule has 0 bridgehead atoms. The maximum Gasteiger partial charge on any atom is 0.211 e. The van der Waals surface area contributed by atoms with Crippen molar-refractivity contribution < 1.29 is 9.53 Å². The lowest BCUT2D eigenvalue weighted by atomic mass is 10.1. The van der Waals surface area contributed by atoms with Crippen LogP contribution in [0.15, 0.2) is 36.4 Å². The second-order valence-electron chi connectivity index (χ2n) is 3.12. The maximum absolute atomic E-state index is 10.4. The number of methoxy groups -OCH3 is 1. The summed E-state index contributed by atoms with van der Waals surface area (Å²) in [5, 5.41) is 4.63. The lowest BCUT2D eigenvalue weighted by Gasteiger charge is -2.08. The van der Waals surface area contributed by atoms with Crippen LogP contribution in [0.3, 0.4) is 0 Å². The fourth-order valence-corrected chi connectivity index (χ4v) is 1.65. The SMILES string of the molecule is COc1cccc2c(NC=O)cccc12. The van der Waals surface area contributed by atoms with Gasteiger partial charge in [0, 0.05) is 16.5 Å². The number of rotatable bonds is 3. The average molecular weight is 201 g/mol. The van der Waals surface area contributed by atoms with Crippen LogP contribution < -0.4 is 10.1 Å². The number of amides is 1.